The van der Waals surface area contributed by atoms with Crippen molar-refractivity contribution in [2.24, 2.45) is 0 Å². The topological polar surface area (TPSA) is 44.8 Å². The van der Waals surface area contributed by atoms with Gasteiger partial charge >= 0.3 is 0 Å². The molecule has 1 atom stereocenters. The largest absolute Gasteiger partial charge is 0.361 e. The molecule has 0 radical (unpaired) electrons. The molecule has 84 valence electrons. The SMILES string of the molecule is CCOC(P=O)C(C)(OCC)OCC. The third-order valence-corrected chi connectivity index (χ3v) is 2.54. The molecule has 0 aliphatic heterocycles. The Kier molecular flexibility index (Phi) is 7.28. The first-order valence-corrected chi connectivity index (χ1v) is 5.74. The zero-order chi connectivity index (χ0) is 11.0. The van der Waals surface area contributed by atoms with Crippen LogP contribution in [0.5, 0.6) is 0 Å². The Labute approximate surface area is 87.1 Å². The van der Waals surface area contributed by atoms with Crippen LogP contribution in [0.15, 0.2) is 0 Å². The highest BCUT2D eigenvalue weighted by molar-refractivity contribution is 7.24. The Morgan fingerprint density at radius 2 is 1.64 bits per heavy atom. The molecule has 0 aromatic rings. The van der Waals surface area contributed by atoms with Crippen molar-refractivity contribution in [1.82, 2.24) is 0 Å². The number of rotatable bonds is 8. The van der Waals surface area contributed by atoms with E-state index in [1.807, 2.05) is 20.8 Å². The minimum Gasteiger partial charge on any atom is -0.361 e. The highest BCUT2D eigenvalue weighted by Gasteiger charge is 2.37. The van der Waals surface area contributed by atoms with Crippen LogP contribution in [0.2, 0.25) is 0 Å². The molecule has 5 heteroatoms. The second-order valence-electron chi connectivity index (χ2n) is 2.80. The van der Waals surface area contributed by atoms with E-state index in [1.54, 1.807) is 6.92 Å². The Hall–Kier alpha value is -0.0200. The maximum Gasteiger partial charge on any atom is 0.203 e. The van der Waals surface area contributed by atoms with E-state index in [2.05, 4.69) is 0 Å². The summed E-state index contributed by atoms with van der Waals surface area (Å²) in [5, 5.41) is 0. The molecule has 0 fully saturated rings. The summed E-state index contributed by atoms with van der Waals surface area (Å²) in [7, 11) is -0.118. The Morgan fingerprint density at radius 3 is 1.93 bits per heavy atom. The zero-order valence-corrected chi connectivity index (χ0v) is 10.2. The van der Waals surface area contributed by atoms with Gasteiger partial charge in [-0.1, -0.05) is 0 Å². The molecule has 0 amide bonds. The normalized spacial score (nSPS) is 14.6. The molecule has 4 nitrogen and oxygen atoms in total. The molecule has 0 aliphatic carbocycles. The molecule has 0 bridgehead atoms. The first kappa shape index (κ1) is 14.0. The van der Waals surface area contributed by atoms with E-state index in [9.17, 15) is 4.57 Å². The lowest BCUT2D eigenvalue weighted by atomic mass is 10.3. The van der Waals surface area contributed by atoms with Crippen LogP contribution < -0.4 is 0 Å². The fourth-order valence-corrected chi connectivity index (χ4v) is 1.74. The lowest BCUT2D eigenvalue weighted by Crippen LogP contribution is -2.43. The maximum atomic E-state index is 10.9. The molecule has 0 rings (SSSR count). The molecular weight excluding hydrogens is 203 g/mol. The zero-order valence-electron chi connectivity index (χ0n) is 9.28. The lowest BCUT2D eigenvalue weighted by molar-refractivity contribution is -0.257. The molecule has 0 aromatic carbocycles. The van der Waals surface area contributed by atoms with Gasteiger partial charge in [-0.2, -0.15) is 0 Å². The summed E-state index contributed by atoms with van der Waals surface area (Å²) in [5.41, 5.74) is 0. The molecule has 0 heterocycles. The van der Waals surface area contributed by atoms with Gasteiger partial charge in [-0.15, -0.1) is 0 Å². The van der Waals surface area contributed by atoms with E-state index in [4.69, 9.17) is 14.2 Å². The van der Waals surface area contributed by atoms with Crippen molar-refractivity contribution in [3.8, 4) is 0 Å². The van der Waals surface area contributed by atoms with Crippen LogP contribution in [-0.4, -0.2) is 31.5 Å². The fourth-order valence-electron chi connectivity index (χ4n) is 1.19. The number of hydrogen-bond donors (Lipinski definition) is 0. The quantitative estimate of drug-likeness (QED) is 0.467. The van der Waals surface area contributed by atoms with Crippen molar-refractivity contribution in [3.63, 3.8) is 0 Å². The average molecular weight is 222 g/mol. The summed E-state index contributed by atoms with van der Waals surface area (Å²) in [4.78, 5) is 0. The van der Waals surface area contributed by atoms with Crippen LogP contribution in [0.1, 0.15) is 27.7 Å². The van der Waals surface area contributed by atoms with Crippen molar-refractivity contribution in [2.75, 3.05) is 19.8 Å². The van der Waals surface area contributed by atoms with E-state index in [0.717, 1.165) is 0 Å². The molecule has 14 heavy (non-hydrogen) atoms. The Morgan fingerprint density at radius 1 is 1.14 bits per heavy atom. The van der Waals surface area contributed by atoms with Crippen molar-refractivity contribution in [1.29, 1.82) is 0 Å². The number of ether oxygens (including phenoxy) is 3. The molecule has 0 saturated carbocycles. The maximum absolute atomic E-state index is 10.9. The molecule has 0 aromatic heterocycles. The molecular formula is C9H19O4P. The molecule has 0 aliphatic rings. The minimum atomic E-state index is -0.928. The fraction of sp³-hybridized carbons (Fsp3) is 1.00. The highest BCUT2D eigenvalue weighted by atomic mass is 31.1. The van der Waals surface area contributed by atoms with Crippen LogP contribution in [0, 0.1) is 0 Å². The van der Waals surface area contributed by atoms with E-state index >= 15 is 0 Å². The van der Waals surface area contributed by atoms with Gasteiger partial charge in [0.2, 0.25) is 5.79 Å². The van der Waals surface area contributed by atoms with Crippen molar-refractivity contribution in [2.45, 2.75) is 39.3 Å². The summed E-state index contributed by atoms with van der Waals surface area (Å²) in [6.45, 7) is 8.78. The predicted octanol–water partition coefficient (Wildman–Crippen LogP) is 2.43. The van der Waals surface area contributed by atoms with Crippen LogP contribution in [0.25, 0.3) is 0 Å². The van der Waals surface area contributed by atoms with Crippen molar-refractivity contribution in [3.05, 3.63) is 0 Å². The molecule has 0 N–H and O–H groups in total. The summed E-state index contributed by atoms with van der Waals surface area (Å²) in [5.74, 6) is -1.50. The molecule has 0 spiro atoms. The van der Waals surface area contributed by atoms with Gasteiger partial charge in [-0.05, 0) is 27.7 Å². The van der Waals surface area contributed by atoms with Crippen LogP contribution in [0.4, 0.5) is 0 Å². The van der Waals surface area contributed by atoms with Crippen molar-refractivity contribution >= 4 is 8.46 Å². The van der Waals surface area contributed by atoms with Gasteiger partial charge in [-0.3, -0.25) is 4.57 Å². The Balaban J connectivity index is 4.47. The lowest BCUT2D eigenvalue weighted by Gasteiger charge is -2.32. The van der Waals surface area contributed by atoms with Crippen LogP contribution in [0.3, 0.4) is 0 Å². The smallest absolute Gasteiger partial charge is 0.203 e. The van der Waals surface area contributed by atoms with Gasteiger partial charge in [0.1, 0.15) is 0 Å². The summed E-state index contributed by atoms with van der Waals surface area (Å²) in [6.07, 6.45) is 0. The Bertz CT molecular complexity index is 157. The van der Waals surface area contributed by atoms with E-state index in [-0.39, 0.29) is 8.46 Å². The summed E-state index contributed by atoms with van der Waals surface area (Å²) < 4.78 is 27.0. The van der Waals surface area contributed by atoms with Gasteiger partial charge in [0.15, 0.2) is 14.3 Å². The van der Waals surface area contributed by atoms with E-state index < -0.39 is 11.6 Å². The van der Waals surface area contributed by atoms with Crippen molar-refractivity contribution < 1.29 is 18.8 Å². The molecule has 1 unspecified atom stereocenters. The van der Waals surface area contributed by atoms with E-state index in [0.29, 0.717) is 19.8 Å². The van der Waals surface area contributed by atoms with Gasteiger partial charge in [0, 0.05) is 19.8 Å². The van der Waals surface area contributed by atoms with E-state index in [1.165, 1.54) is 0 Å². The predicted molar refractivity (Wildman–Crippen MR) is 54.7 cm³/mol. The van der Waals surface area contributed by atoms with Crippen LogP contribution >= 0.6 is 8.46 Å². The third kappa shape index (κ3) is 4.01. The number of hydrogen-bond acceptors (Lipinski definition) is 4. The molecule has 0 saturated heterocycles. The van der Waals surface area contributed by atoms with Crippen LogP contribution in [-0.2, 0) is 18.8 Å². The van der Waals surface area contributed by atoms with Gasteiger partial charge in [0.25, 0.3) is 0 Å². The highest BCUT2D eigenvalue weighted by Crippen LogP contribution is 2.28. The van der Waals surface area contributed by atoms with Gasteiger partial charge in [-0.25, -0.2) is 0 Å². The monoisotopic (exact) mass is 222 g/mol. The third-order valence-electron chi connectivity index (χ3n) is 1.73. The standard InChI is InChI=1S/C9H19O4P/c1-5-11-8(14-10)9(4,12-6-2)13-7-3/h8H,5-7H2,1-4H3. The summed E-state index contributed by atoms with van der Waals surface area (Å²) in [6, 6.07) is 0. The minimum absolute atomic E-state index is 0.118. The second kappa shape index (κ2) is 7.30. The van der Waals surface area contributed by atoms with Gasteiger partial charge in [0.05, 0.1) is 0 Å². The first-order valence-electron chi connectivity index (χ1n) is 4.86. The average Bonchev–Trinajstić information content (AvgIpc) is 2.14. The van der Waals surface area contributed by atoms with Gasteiger partial charge < -0.3 is 14.2 Å². The summed E-state index contributed by atoms with van der Waals surface area (Å²) >= 11 is 0. The second-order valence-corrected chi connectivity index (χ2v) is 3.47. The first-order chi connectivity index (χ1) is 6.64.